The minimum absolute atomic E-state index is 0.981. The number of hydrogen-bond donors (Lipinski definition) is 1. The summed E-state index contributed by atoms with van der Waals surface area (Å²) < 4.78 is 5.28. The van der Waals surface area contributed by atoms with Gasteiger partial charge >= 0.3 is 0 Å². The predicted octanol–water partition coefficient (Wildman–Crippen LogP) is 2.05. The number of rotatable bonds is 6. The molecule has 3 nitrogen and oxygen atoms in total. The van der Waals surface area contributed by atoms with Gasteiger partial charge in [-0.15, -0.1) is 0 Å². The third kappa shape index (κ3) is 3.47. The molecule has 1 aromatic rings. The summed E-state index contributed by atoms with van der Waals surface area (Å²) in [7, 11) is 1.73. The maximum absolute atomic E-state index is 5.28. The van der Waals surface area contributed by atoms with Crippen LogP contribution in [0, 0.1) is 0 Å². The molecule has 0 bridgehead atoms. The van der Waals surface area contributed by atoms with E-state index in [1.54, 1.807) is 7.11 Å². The van der Waals surface area contributed by atoms with E-state index in [-0.39, 0.29) is 0 Å². The van der Waals surface area contributed by atoms with E-state index in [2.05, 4.69) is 35.3 Å². The topological polar surface area (TPSA) is 24.5 Å². The molecule has 3 heteroatoms. The van der Waals surface area contributed by atoms with Gasteiger partial charge < -0.3 is 10.1 Å². The summed E-state index contributed by atoms with van der Waals surface area (Å²) in [6.07, 6.45) is 2.38. The van der Waals surface area contributed by atoms with E-state index in [0.717, 1.165) is 31.8 Å². The van der Waals surface area contributed by atoms with Crippen molar-refractivity contribution in [3.63, 3.8) is 0 Å². The molecule has 0 aliphatic carbocycles. The third-order valence-electron chi connectivity index (χ3n) is 3.58. The second-order valence-corrected chi connectivity index (χ2v) is 4.87. The molecule has 1 aromatic carbocycles. The van der Waals surface area contributed by atoms with Gasteiger partial charge in [0.25, 0.3) is 0 Å². The number of nitrogens with one attached hydrogen (secondary N) is 1. The molecule has 0 saturated heterocycles. The van der Waals surface area contributed by atoms with Crippen molar-refractivity contribution in [2.45, 2.75) is 26.3 Å². The average Bonchev–Trinajstić information content (AvgIpc) is 2.43. The molecule has 100 valence electrons. The minimum atomic E-state index is 0.981. The Labute approximate surface area is 110 Å². The fraction of sp³-hybridized carbons (Fsp3) is 0.600. The van der Waals surface area contributed by atoms with E-state index < -0.39 is 0 Å². The Morgan fingerprint density at radius 2 is 2.22 bits per heavy atom. The summed E-state index contributed by atoms with van der Waals surface area (Å²) >= 11 is 0. The van der Waals surface area contributed by atoms with Crippen LogP contribution in [0.4, 0.5) is 0 Å². The highest BCUT2D eigenvalue weighted by Gasteiger charge is 2.15. The Hall–Kier alpha value is -1.06. The van der Waals surface area contributed by atoms with Crippen molar-refractivity contribution in [1.29, 1.82) is 0 Å². The first-order valence-electron chi connectivity index (χ1n) is 6.92. The van der Waals surface area contributed by atoms with Crippen molar-refractivity contribution in [2.24, 2.45) is 0 Å². The first kappa shape index (κ1) is 13.4. The van der Waals surface area contributed by atoms with E-state index in [9.17, 15) is 0 Å². The summed E-state index contributed by atoms with van der Waals surface area (Å²) in [4.78, 5) is 2.55. The van der Waals surface area contributed by atoms with Gasteiger partial charge in [0, 0.05) is 13.1 Å². The van der Waals surface area contributed by atoms with Gasteiger partial charge in [0.1, 0.15) is 5.75 Å². The van der Waals surface area contributed by atoms with Crippen LogP contribution >= 0.6 is 0 Å². The van der Waals surface area contributed by atoms with Crippen molar-refractivity contribution in [3.8, 4) is 5.75 Å². The molecule has 1 N–H and O–H groups in total. The van der Waals surface area contributed by atoms with Crippen molar-refractivity contribution < 1.29 is 4.74 Å². The second kappa shape index (κ2) is 6.76. The summed E-state index contributed by atoms with van der Waals surface area (Å²) in [5.41, 5.74) is 2.92. The molecule has 0 saturated carbocycles. The van der Waals surface area contributed by atoms with E-state index in [0.29, 0.717) is 0 Å². The normalized spacial score (nSPS) is 15.4. The maximum atomic E-state index is 5.28. The molecular weight excluding hydrogens is 224 g/mol. The van der Waals surface area contributed by atoms with Gasteiger partial charge in [-0.05, 0) is 55.7 Å². The summed E-state index contributed by atoms with van der Waals surface area (Å²) in [5.74, 6) is 0.981. The highest BCUT2D eigenvalue weighted by Crippen LogP contribution is 2.23. The van der Waals surface area contributed by atoms with Gasteiger partial charge in [-0.25, -0.2) is 0 Å². The van der Waals surface area contributed by atoms with Crippen molar-refractivity contribution in [1.82, 2.24) is 10.2 Å². The van der Waals surface area contributed by atoms with Gasteiger partial charge in [0.15, 0.2) is 0 Å². The van der Waals surface area contributed by atoms with Crippen LogP contribution in [-0.4, -0.2) is 38.2 Å². The van der Waals surface area contributed by atoms with Crippen molar-refractivity contribution >= 4 is 0 Å². The first-order chi connectivity index (χ1) is 8.83. The molecule has 0 amide bonds. The van der Waals surface area contributed by atoms with Crippen molar-refractivity contribution in [3.05, 3.63) is 29.3 Å². The van der Waals surface area contributed by atoms with Crippen LogP contribution in [0.5, 0.6) is 5.75 Å². The lowest BCUT2D eigenvalue weighted by atomic mass is 9.99. The fourth-order valence-electron chi connectivity index (χ4n) is 2.51. The molecule has 0 fully saturated rings. The Morgan fingerprint density at radius 3 is 3.00 bits per heavy atom. The van der Waals surface area contributed by atoms with Gasteiger partial charge in [-0.3, -0.25) is 4.90 Å². The number of fused-ring (bicyclic) bond motifs is 1. The molecular formula is C15H24N2O. The zero-order chi connectivity index (χ0) is 12.8. The lowest BCUT2D eigenvalue weighted by Gasteiger charge is -2.29. The highest BCUT2D eigenvalue weighted by molar-refractivity contribution is 5.37. The molecule has 0 spiro atoms. The Morgan fingerprint density at radius 1 is 1.33 bits per heavy atom. The summed E-state index contributed by atoms with van der Waals surface area (Å²) in [6.45, 7) is 7.81. The number of methoxy groups -OCH3 is 1. The minimum Gasteiger partial charge on any atom is -0.497 e. The smallest absolute Gasteiger partial charge is 0.119 e. The monoisotopic (exact) mass is 248 g/mol. The highest BCUT2D eigenvalue weighted by atomic mass is 16.5. The van der Waals surface area contributed by atoms with Gasteiger partial charge in [-0.1, -0.05) is 13.0 Å². The molecule has 0 atom stereocenters. The zero-order valence-electron chi connectivity index (χ0n) is 11.5. The second-order valence-electron chi connectivity index (χ2n) is 4.87. The van der Waals surface area contributed by atoms with Crippen LogP contribution in [0.1, 0.15) is 24.5 Å². The third-order valence-corrected chi connectivity index (χ3v) is 3.58. The number of nitrogens with zero attached hydrogens (tertiary/aromatic N) is 1. The van der Waals surface area contributed by atoms with Crippen LogP contribution in [0.3, 0.4) is 0 Å². The predicted molar refractivity (Wildman–Crippen MR) is 75.1 cm³/mol. The van der Waals surface area contributed by atoms with E-state index in [1.165, 1.54) is 30.6 Å². The number of benzene rings is 1. The molecule has 1 heterocycles. The lowest BCUT2D eigenvalue weighted by Crippen LogP contribution is -2.32. The van der Waals surface area contributed by atoms with Crippen molar-refractivity contribution in [2.75, 3.05) is 33.3 Å². The molecule has 1 aliphatic heterocycles. The van der Waals surface area contributed by atoms with E-state index in [4.69, 9.17) is 4.74 Å². The van der Waals surface area contributed by atoms with Crippen LogP contribution in [0.2, 0.25) is 0 Å². The van der Waals surface area contributed by atoms with Crippen LogP contribution in [-0.2, 0) is 13.0 Å². The zero-order valence-corrected chi connectivity index (χ0v) is 11.5. The van der Waals surface area contributed by atoms with Crippen LogP contribution < -0.4 is 10.1 Å². The molecule has 0 unspecified atom stereocenters. The fourth-order valence-corrected chi connectivity index (χ4v) is 2.51. The Kier molecular flexibility index (Phi) is 5.02. The van der Waals surface area contributed by atoms with Gasteiger partial charge in [0.05, 0.1) is 7.11 Å². The Balaban J connectivity index is 1.86. The van der Waals surface area contributed by atoms with Gasteiger partial charge in [-0.2, -0.15) is 0 Å². The average molecular weight is 248 g/mol. The molecule has 2 rings (SSSR count). The molecule has 18 heavy (non-hydrogen) atoms. The first-order valence-corrected chi connectivity index (χ1v) is 6.92. The van der Waals surface area contributed by atoms with Crippen LogP contribution in [0.15, 0.2) is 18.2 Å². The van der Waals surface area contributed by atoms with Crippen LogP contribution in [0.25, 0.3) is 0 Å². The largest absolute Gasteiger partial charge is 0.497 e. The maximum Gasteiger partial charge on any atom is 0.119 e. The SMILES string of the molecule is CCNCCCN1CCc2cc(OC)ccc2C1. The molecule has 0 aromatic heterocycles. The number of hydrogen-bond acceptors (Lipinski definition) is 3. The summed E-state index contributed by atoms with van der Waals surface area (Å²) in [5, 5.41) is 3.38. The van der Waals surface area contributed by atoms with E-state index >= 15 is 0 Å². The quantitative estimate of drug-likeness (QED) is 0.780. The molecule has 1 aliphatic rings. The summed E-state index contributed by atoms with van der Waals surface area (Å²) in [6, 6.07) is 6.47. The lowest BCUT2D eigenvalue weighted by molar-refractivity contribution is 0.250. The number of ether oxygens (including phenoxy) is 1. The van der Waals surface area contributed by atoms with E-state index in [1.807, 2.05) is 0 Å². The van der Waals surface area contributed by atoms with Gasteiger partial charge in [0.2, 0.25) is 0 Å². The standard InChI is InChI=1S/C15H24N2O/c1-3-16-8-4-9-17-10-7-13-11-15(18-2)6-5-14(13)12-17/h5-6,11,16H,3-4,7-10,12H2,1-2H3. The molecule has 0 radical (unpaired) electrons. The Bertz CT molecular complexity index is 379.